The fourth-order valence-electron chi connectivity index (χ4n) is 3.09. The highest BCUT2D eigenvalue weighted by molar-refractivity contribution is 7.99. The molecule has 1 saturated heterocycles. The summed E-state index contributed by atoms with van der Waals surface area (Å²) in [7, 11) is 3.21. The number of hydrogen-bond acceptors (Lipinski definition) is 6. The fourth-order valence-corrected chi connectivity index (χ4v) is 4.33. The monoisotopic (exact) mass is 389 g/mol. The first kappa shape index (κ1) is 19.2. The van der Waals surface area contributed by atoms with Crippen LogP contribution in [0.2, 0.25) is 0 Å². The quantitative estimate of drug-likeness (QED) is 0.738. The lowest BCUT2D eigenvalue weighted by molar-refractivity contribution is -0.132. The number of carbonyl (C=O) groups excluding carboxylic acids is 1. The number of phenols is 2. The van der Waals surface area contributed by atoms with Crippen molar-refractivity contribution in [1.82, 2.24) is 4.90 Å². The zero-order chi connectivity index (χ0) is 19.4. The molecule has 1 amide bonds. The number of methoxy groups -OCH3 is 2. The van der Waals surface area contributed by atoms with Crippen LogP contribution in [0.15, 0.2) is 36.4 Å². The maximum atomic E-state index is 12.6. The van der Waals surface area contributed by atoms with Crippen molar-refractivity contribution < 1.29 is 24.5 Å². The van der Waals surface area contributed by atoms with Crippen molar-refractivity contribution >= 4 is 17.7 Å². The maximum absolute atomic E-state index is 12.6. The molecule has 27 heavy (non-hydrogen) atoms. The molecular formula is C20H23NO5S. The lowest BCUT2D eigenvalue weighted by Gasteiger charge is -2.35. The van der Waals surface area contributed by atoms with Crippen molar-refractivity contribution in [3.63, 3.8) is 0 Å². The molecular weight excluding hydrogens is 366 g/mol. The molecule has 0 aliphatic carbocycles. The number of rotatable bonds is 6. The SMILES string of the molecule is COc1cc(OC)cc(C2SCCC(=O)N2CCc2ccc(O)c(O)c2)c1. The zero-order valence-electron chi connectivity index (χ0n) is 15.3. The highest BCUT2D eigenvalue weighted by Gasteiger charge is 2.30. The van der Waals surface area contributed by atoms with Gasteiger partial charge in [0.2, 0.25) is 5.91 Å². The lowest BCUT2D eigenvalue weighted by Crippen LogP contribution is -2.38. The third-order valence-electron chi connectivity index (χ3n) is 4.54. The molecule has 0 bridgehead atoms. The minimum Gasteiger partial charge on any atom is -0.504 e. The van der Waals surface area contributed by atoms with Crippen LogP contribution < -0.4 is 9.47 Å². The Bertz CT molecular complexity index is 804. The minimum absolute atomic E-state index is 0.100. The summed E-state index contributed by atoms with van der Waals surface area (Å²) >= 11 is 1.71. The Hall–Kier alpha value is -2.54. The molecule has 0 spiro atoms. The summed E-state index contributed by atoms with van der Waals surface area (Å²) < 4.78 is 10.7. The Kier molecular flexibility index (Phi) is 6.01. The topological polar surface area (TPSA) is 79.2 Å². The normalized spacial score (nSPS) is 17.0. The number of hydrogen-bond donors (Lipinski definition) is 2. The van der Waals surface area contributed by atoms with E-state index < -0.39 is 0 Å². The van der Waals surface area contributed by atoms with Gasteiger partial charge in [0.15, 0.2) is 11.5 Å². The number of benzene rings is 2. The van der Waals surface area contributed by atoms with Gasteiger partial charge in [-0.2, -0.15) is 0 Å². The Labute approximate surface area is 162 Å². The number of nitrogens with zero attached hydrogens (tertiary/aromatic N) is 1. The van der Waals surface area contributed by atoms with Crippen LogP contribution >= 0.6 is 11.8 Å². The Balaban J connectivity index is 1.82. The van der Waals surface area contributed by atoms with E-state index >= 15 is 0 Å². The molecule has 1 heterocycles. The van der Waals surface area contributed by atoms with Crippen LogP contribution in [0.4, 0.5) is 0 Å². The van der Waals surface area contributed by atoms with Crippen LogP contribution in [0, 0.1) is 0 Å². The maximum Gasteiger partial charge on any atom is 0.224 e. The zero-order valence-corrected chi connectivity index (χ0v) is 16.2. The first-order valence-corrected chi connectivity index (χ1v) is 9.71. The van der Waals surface area contributed by atoms with E-state index in [-0.39, 0.29) is 22.8 Å². The van der Waals surface area contributed by atoms with Gasteiger partial charge in [-0.1, -0.05) is 6.07 Å². The van der Waals surface area contributed by atoms with E-state index in [0.29, 0.717) is 30.9 Å². The molecule has 2 N–H and O–H groups in total. The summed E-state index contributed by atoms with van der Waals surface area (Å²) in [6.45, 7) is 0.514. The number of ether oxygens (including phenoxy) is 2. The molecule has 2 aromatic carbocycles. The third kappa shape index (κ3) is 4.42. The van der Waals surface area contributed by atoms with Crippen molar-refractivity contribution in [1.29, 1.82) is 0 Å². The van der Waals surface area contributed by atoms with Gasteiger partial charge in [-0.25, -0.2) is 0 Å². The highest BCUT2D eigenvalue weighted by Crippen LogP contribution is 2.40. The second-order valence-corrected chi connectivity index (χ2v) is 7.47. The van der Waals surface area contributed by atoms with Gasteiger partial charge in [-0.05, 0) is 41.8 Å². The average molecular weight is 389 g/mol. The van der Waals surface area contributed by atoms with E-state index in [9.17, 15) is 15.0 Å². The smallest absolute Gasteiger partial charge is 0.224 e. The van der Waals surface area contributed by atoms with E-state index in [2.05, 4.69) is 0 Å². The standard InChI is InChI=1S/C20H23NO5S/c1-25-15-10-14(11-16(12-15)26-2)20-21(19(24)6-8-27-20)7-5-13-3-4-17(22)18(23)9-13/h3-4,9-12,20,22-23H,5-8H2,1-2H3. The number of phenolic OH excluding ortho intramolecular Hbond substituents is 2. The van der Waals surface area contributed by atoms with E-state index in [4.69, 9.17) is 9.47 Å². The lowest BCUT2D eigenvalue weighted by atomic mass is 10.1. The second-order valence-electron chi connectivity index (χ2n) is 6.28. The van der Waals surface area contributed by atoms with Gasteiger partial charge in [0.1, 0.15) is 16.9 Å². The van der Waals surface area contributed by atoms with Crippen LogP contribution in [0.1, 0.15) is 22.9 Å². The number of amides is 1. The predicted molar refractivity (Wildman–Crippen MR) is 105 cm³/mol. The van der Waals surface area contributed by atoms with Crippen molar-refractivity contribution in [2.24, 2.45) is 0 Å². The number of aromatic hydroxyl groups is 2. The van der Waals surface area contributed by atoms with Crippen molar-refractivity contribution in [3.8, 4) is 23.0 Å². The Morgan fingerprint density at radius 2 is 1.78 bits per heavy atom. The average Bonchev–Trinajstić information content (AvgIpc) is 2.69. The molecule has 2 aromatic rings. The molecule has 144 valence electrons. The van der Waals surface area contributed by atoms with Crippen LogP contribution in [-0.2, 0) is 11.2 Å². The molecule has 1 atom stereocenters. The van der Waals surface area contributed by atoms with Gasteiger partial charge in [0, 0.05) is 24.8 Å². The molecule has 1 unspecified atom stereocenters. The van der Waals surface area contributed by atoms with Crippen LogP contribution in [0.25, 0.3) is 0 Å². The molecule has 6 nitrogen and oxygen atoms in total. The van der Waals surface area contributed by atoms with Gasteiger partial charge in [0.25, 0.3) is 0 Å². The molecule has 1 fully saturated rings. The largest absolute Gasteiger partial charge is 0.504 e. The van der Waals surface area contributed by atoms with Gasteiger partial charge in [-0.15, -0.1) is 11.8 Å². The molecule has 0 aromatic heterocycles. The molecule has 1 aliphatic heterocycles. The minimum atomic E-state index is -0.152. The molecule has 0 radical (unpaired) electrons. The van der Waals surface area contributed by atoms with Crippen molar-refractivity contribution in [2.45, 2.75) is 18.2 Å². The molecule has 7 heteroatoms. The predicted octanol–water partition coefficient (Wildman–Crippen LogP) is 3.32. The summed E-state index contributed by atoms with van der Waals surface area (Å²) in [6.07, 6.45) is 1.08. The third-order valence-corrected chi connectivity index (χ3v) is 5.82. The Morgan fingerprint density at radius 1 is 1.07 bits per heavy atom. The van der Waals surface area contributed by atoms with Crippen LogP contribution in [0.5, 0.6) is 23.0 Å². The summed E-state index contributed by atoms with van der Waals surface area (Å²) in [5.41, 5.74) is 1.81. The van der Waals surface area contributed by atoms with Crippen molar-refractivity contribution in [3.05, 3.63) is 47.5 Å². The van der Waals surface area contributed by atoms with Crippen molar-refractivity contribution in [2.75, 3.05) is 26.5 Å². The first-order valence-electron chi connectivity index (χ1n) is 8.66. The van der Waals surface area contributed by atoms with E-state index in [1.165, 1.54) is 12.1 Å². The van der Waals surface area contributed by atoms with E-state index in [0.717, 1.165) is 16.9 Å². The van der Waals surface area contributed by atoms with E-state index in [1.54, 1.807) is 32.0 Å². The van der Waals surface area contributed by atoms with Gasteiger partial charge in [-0.3, -0.25) is 4.79 Å². The van der Waals surface area contributed by atoms with Gasteiger partial charge in [0.05, 0.1) is 14.2 Å². The molecule has 0 saturated carbocycles. The van der Waals surface area contributed by atoms with Crippen LogP contribution in [-0.4, -0.2) is 47.5 Å². The first-order chi connectivity index (χ1) is 13.0. The summed E-state index contributed by atoms with van der Waals surface area (Å²) in [5, 5.41) is 19.0. The van der Waals surface area contributed by atoms with Crippen LogP contribution in [0.3, 0.4) is 0 Å². The summed E-state index contributed by atoms with van der Waals surface area (Å²) in [6, 6.07) is 10.4. The molecule has 3 rings (SSSR count). The number of thioether (sulfide) groups is 1. The Morgan fingerprint density at radius 3 is 2.41 bits per heavy atom. The second kappa shape index (κ2) is 8.43. The summed E-state index contributed by atoms with van der Waals surface area (Å²) in [4.78, 5) is 14.4. The fraction of sp³-hybridized carbons (Fsp3) is 0.350. The van der Waals surface area contributed by atoms with Gasteiger partial charge < -0.3 is 24.6 Å². The highest BCUT2D eigenvalue weighted by atomic mass is 32.2. The molecule has 1 aliphatic rings. The summed E-state index contributed by atoms with van der Waals surface area (Å²) in [5.74, 6) is 1.94. The number of carbonyl (C=O) groups is 1. The van der Waals surface area contributed by atoms with E-state index in [1.807, 2.05) is 23.1 Å². The van der Waals surface area contributed by atoms with Gasteiger partial charge >= 0.3 is 0 Å².